The van der Waals surface area contributed by atoms with Gasteiger partial charge in [0.05, 0.1) is 19.6 Å². The maximum absolute atomic E-state index is 13.0. The first-order valence-electron chi connectivity index (χ1n) is 10.7. The molecule has 0 aliphatic carbocycles. The van der Waals surface area contributed by atoms with E-state index in [0.29, 0.717) is 13.0 Å². The molecule has 2 amide bonds. The van der Waals surface area contributed by atoms with Crippen molar-refractivity contribution in [1.29, 1.82) is 0 Å². The number of hydrogen-bond acceptors (Lipinski definition) is 5. The number of carbonyl (C=O) groups is 2. The number of likely N-dealkylation sites (tertiary alicyclic amines) is 1. The summed E-state index contributed by atoms with van der Waals surface area (Å²) in [6, 6.07) is 13.3. The molecule has 2 aromatic rings. The van der Waals surface area contributed by atoms with Crippen LogP contribution in [0.15, 0.2) is 42.5 Å². The molecule has 31 heavy (non-hydrogen) atoms. The lowest BCUT2D eigenvalue weighted by Gasteiger charge is -2.38. The third kappa shape index (κ3) is 4.70. The summed E-state index contributed by atoms with van der Waals surface area (Å²) in [5.41, 5.74) is 3.41. The van der Waals surface area contributed by atoms with Crippen molar-refractivity contribution in [2.75, 3.05) is 44.7 Å². The molecule has 6 nitrogen and oxygen atoms in total. The van der Waals surface area contributed by atoms with E-state index in [1.807, 2.05) is 42.5 Å². The van der Waals surface area contributed by atoms with E-state index in [-0.39, 0.29) is 24.3 Å². The van der Waals surface area contributed by atoms with Gasteiger partial charge < -0.3 is 9.64 Å². The monoisotopic (exact) mass is 441 g/mol. The number of rotatable bonds is 6. The van der Waals surface area contributed by atoms with E-state index in [9.17, 15) is 9.59 Å². The Kier molecular flexibility index (Phi) is 6.49. The van der Waals surface area contributed by atoms with E-state index in [1.165, 1.54) is 10.5 Å². The van der Waals surface area contributed by atoms with Gasteiger partial charge in [0.15, 0.2) is 0 Å². The van der Waals surface area contributed by atoms with Crippen molar-refractivity contribution in [2.45, 2.75) is 25.8 Å². The third-order valence-corrected chi connectivity index (χ3v) is 6.51. The van der Waals surface area contributed by atoms with Crippen LogP contribution in [-0.2, 0) is 16.0 Å². The zero-order chi connectivity index (χ0) is 22.0. The number of benzene rings is 2. The Morgan fingerprint density at radius 2 is 1.74 bits per heavy atom. The molecule has 2 fully saturated rings. The summed E-state index contributed by atoms with van der Waals surface area (Å²) in [6.45, 7) is 5.62. The zero-order valence-electron chi connectivity index (χ0n) is 18.0. The fourth-order valence-corrected chi connectivity index (χ4v) is 4.58. The summed E-state index contributed by atoms with van der Waals surface area (Å²) in [5.74, 6) is 0.659. The SMILES string of the molecule is COc1ccc(CCN2C(=O)CC(N3CCN(c4cc(Cl)ccc4C)CC3)C2=O)cc1. The Morgan fingerprint density at radius 1 is 1.03 bits per heavy atom. The number of hydrogen-bond donors (Lipinski definition) is 0. The number of carbonyl (C=O) groups excluding carboxylic acids is 2. The lowest BCUT2D eigenvalue weighted by atomic mass is 10.1. The number of ether oxygens (including phenoxy) is 1. The number of imide groups is 1. The fourth-order valence-electron chi connectivity index (χ4n) is 4.42. The van der Waals surface area contributed by atoms with Gasteiger partial charge >= 0.3 is 0 Å². The molecule has 0 saturated carbocycles. The molecule has 1 atom stereocenters. The first kappa shape index (κ1) is 21.7. The lowest BCUT2D eigenvalue weighted by Crippen LogP contribution is -2.52. The van der Waals surface area contributed by atoms with Crippen LogP contribution in [-0.4, -0.2) is 67.5 Å². The van der Waals surface area contributed by atoms with Gasteiger partial charge in [-0.15, -0.1) is 0 Å². The van der Waals surface area contributed by atoms with E-state index in [2.05, 4.69) is 16.7 Å². The van der Waals surface area contributed by atoms with Gasteiger partial charge in [-0.3, -0.25) is 19.4 Å². The Balaban J connectivity index is 1.34. The molecule has 0 N–H and O–H groups in total. The summed E-state index contributed by atoms with van der Waals surface area (Å²) < 4.78 is 5.18. The van der Waals surface area contributed by atoms with Crippen molar-refractivity contribution in [1.82, 2.24) is 9.80 Å². The molecule has 4 rings (SSSR count). The quantitative estimate of drug-likeness (QED) is 0.644. The molecule has 1 unspecified atom stereocenters. The first-order chi connectivity index (χ1) is 15.0. The van der Waals surface area contributed by atoms with Crippen molar-refractivity contribution in [3.8, 4) is 5.75 Å². The maximum atomic E-state index is 13.0. The fraction of sp³-hybridized carbons (Fsp3) is 0.417. The van der Waals surface area contributed by atoms with Gasteiger partial charge in [0.25, 0.3) is 0 Å². The predicted molar refractivity (Wildman–Crippen MR) is 122 cm³/mol. The van der Waals surface area contributed by atoms with Gasteiger partial charge in [-0.2, -0.15) is 0 Å². The molecule has 2 aromatic carbocycles. The molecule has 2 heterocycles. The largest absolute Gasteiger partial charge is 0.497 e. The molecular weight excluding hydrogens is 414 g/mol. The highest BCUT2D eigenvalue weighted by Crippen LogP contribution is 2.27. The highest BCUT2D eigenvalue weighted by atomic mass is 35.5. The number of amides is 2. The second kappa shape index (κ2) is 9.28. The van der Waals surface area contributed by atoms with Crippen LogP contribution in [0.3, 0.4) is 0 Å². The lowest BCUT2D eigenvalue weighted by molar-refractivity contribution is -0.139. The van der Waals surface area contributed by atoms with E-state index < -0.39 is 0 Å². The topological polar surface area (TPSA) is 53.1 Å². The second-order valence-corrected chi connectivity index (χ2v) is 8.59. The average molecular weight is 442 g/mol. The van der Waals surface area contributed by atoms with Gasteiger partial charge in [-0.1, -0.05) is 29.8 Å². The molecule has 0 aromatic heterocycles. The molecule has 0 bridgehead atoms. The molecular formula is C24H28ClN3O3. The van der Waals surface area contributed by atoms with Crippen molar-refractivity contribution >= 4 is 29.1 Å². The summed E-state index contributed by atoms with van der Waals surface area (Å²) in [4.78, 5) is 31.5. The Bertz CT molecular complexity index is 955. The number of anilines is 1. The van der Waals surface area contributed by atoms with Crippen LogP contribution in [0.5, 0.6) is 5.75 Å². The maximum Gasteiger partial charge on any atom is 0.247 e. The second-order valence-electron chi connectivity index (χ2n) is 8.16. The van der Waals surface area contributed by atoms with Crippen molar-refractivity contribution in [2.24, 2.45) is 0 Å². The van der Waals surface area contributed by atoms with Crippen molar-refractivity contribution in [3.05, 3.63) is 58.6 Å². The van der Waals surface area contributed by atoms with E-state index in [0.717, 1.165) is 48.2 Å². The molecule has 0 radical (unpaired) electrons. The van der Waals surface area contributed by atoms with Crippen LogP contribution >= 0.6 is 11.6 Å². The molecule has 2 aliphatic rings. The number of nitrogens with zero attached hydrogens (tertiary/aromatic N) is 3. The minimum absolute atomic E-state index is 0.0640. The molecule has 164 valence electrons. The minimum Gasteiger partial charge on any atom is -0.497 e. The Morgan fingerprint density at radius 3 is 2.42 bits per heavy atom. The number of piperazine rings is 1. The Hall–Kier alpha value is -2.57. The summed E-state index contributed by atoms with van der Waals surface area (Å²) >= 11 is 6.18. The highest BCUT2D eigenvalue weighted by Gasteiger charge is 2.42. The zero-order valence-corrected chi connectivity index (χ0v) is 18.8. The third-order valence-electron chi connectivity index (χ3n) is 6.27. The Labute approximate surface area is 188 Å². The minimum atomic E-state index is -0.342. The van der Waals surface area contributed by atoms with Crippen LogP contribution in [0.4, 0.5) is 5.69 Å². The van der Waals surface area contributed by atoms with Crippen LogP contribution in [0.2, 0.25) is 5.02 Å². The molecule has 0 spiro atoms. The summed E-state index contributed by atoms with van der Waals surface area (Å²) in [6.07, 6.45) is 0.924. The van der Waals surface area contributed by atoms with Gasteiger partial charge in [0, 0.05) is 43.4 Å². The number of aryl methyl sites for hydroxylation is 1. The van der Waals surface area contributed by atoms with Crippen molar-refractivity contribution in [3.63, 3.8) is 0 Å². The summed E-state index contributed by atoms with van der Waals surface area (Å²) in [5, 5.41) is 0.729. The average Bonchev–Trinajstić information content (AvgIpc) is 3.07. The van der Waals surface area contributed by atoms with Crippen LogP contribution in [0.1, 0.15) is 17.5 Å². The summed E-state index contributed by atoms with van der Waals surface area (Å²) in [7, 11) is 1.63. The van der Waals surface area contributed by atoms with Gasteiger partial charge in [-0.05, 0) is 48.7 Å². The molecule has 7 heteroatoms. The van der Waals surface area contributed by atoms with Crippen LogP contribution in [0.25, 0.3) is 0 Å². The predicted octanol–water partition coefficient (Wildman–Crippen LogP) is 3.15. The standard InChI is InChI=1S/C24H28ClN3O3/c1-17-3-6-19(25)15-21(17)26-11-13-27(14-12-26)22-16-23(29)28(24(22)30)10-9-18-4-7-20(31-2)8-5-18/h3-8,15,22H,9-14,16H2,1-2H3. The molecule has 2 saturated heterocycles. The smallest absolute Gasteiger partial charge is 0.247 e. The van der Waals surface area contributed by atoms with E-state index >= 15 is 0 Å². The normalized spacial score (nSPS) is 19.9. The van der Waals surface area contributed by atoms with Crippen molar-refractivity contribution < 1.29 is 14.3 Å². The van der Waals surface area contributed by atoms with Crippen LogP contribution < -0.4 is 9.64 Å². The number of halogens is 1. The highest BCUT2D eigenvalue weighted by molar-refractivity contribution is 6.30. The first-order valence-corrected chi connectivity index (χ1v) is 11.1. The van der Waals surface area contributed by atoms with Crippen LogP contribution in [0, 0.1) is 6.92 Å². The molecule has 2 aliphatic heterocycles. The van der Waals surface area contributed by atoms with E-state index in [4.69, 9.17) is 16.3 Å². The van der Waals surface area contributed by atoms with Gasteiger partial charge in [0.1, 0.15) is 5.75 Å². The number of methoxy groups -OCH3 is 1. The van der Waals surface area contributed by atoms with E-state index in [1.54, 1.807) is 7.11 Å². The van der Waals surface area contributed by atoms with Gasteiger partial charge in [-0.25, -0.2) is 0 Å². The van der Waals surface area contributed by atoms with Gasteiger partial charge in [0.2, 0.25) is 11.8 Å².